The summed E-state index contributed by atoms with van der Waals surface area (Å²) in [6.07, 6.45) is 10.2. The Morgan fingerprint density at radius 1 is 1.24 bits per heavy atom. The molecule has 0 aromatic carbocycles. The molecule has 2 aliphatic rings. The maximum atomic E-state index is 4.73. The molecule has 0 atom stereocenters. The van der Waals surface area contributed by atoms with Crippen LogP contribution in [-0.2, 0) is 5.41 Å². The Balaban J connectivity index is 2.04. The fourth-order valence-corrected chi connectivity index (χ4v) is 3.14. The third kappa shape index (κ3) is 1.11. The molecular formula is C13H11N3S. The summed E-state index contributed by atoms with van der Waals surface area (Å²) in [5.74, 6) is 0. The van der Waals surface area contributed by atoms with Crippen molar-refractivity contribution in [3.05, 3.63) is 35.9 Å². The average Bonchev–Trinajstić information content (AvgIpc) is 3.14. The molecule has 2 aliphatic carbocycles. The van der Waals surface area contributed by atoms with Gasteiger partial charge in [0.15, 0.2) is 5.16 Å². The third-order valence-corrected chi connectivity index (χ3v) is 4.34. The maximum absolute atomic E-state index is 4.73. The molecule has 0 radical (unpaired) electrons. The van der Waals surface area contributed by atoms with Crippen LogP contribution in [0.2, 0.25) is 0 Å². The van der Waals surface area contributed by atoms with Crippen LogP contribution in [-0.4, -0.2) is 21.2 Å². The number of nitrogens with zero attached hydrogens (tertiary/aromatic N) is 3. The topological polar surface area (TPSA) is 38.7 Å². The average molecular weight is 241 g/mol. The van der Waals surface area contributed by atoms with Crippen molar-refractivity contribution in [1.82, 2.24) is 15.0 Å². The van der Waals surface area contributed by atoms with Crippen molar-refractivity contribution in [2.45, 2.75) is 23.4 Å². The Kier molecular flexibility index (Phi) is 1.73. The van der Waals surface area contributed by atoms with Crippen LogP contribution in [0.5, 0.6) is 0 Å². The first-order valence-electron chi connectivity index (χ1n) is 5.71. The molecule has 0 N–H and O–H groups in total. The number of hydrogen-bond donors (Lipinski definition) is 0. The Bertz CT molecular complexity index is 620. The summed E-state index contributed by atoms with van der Waals surface area (Å²) in [6, 6.07) is 2.09. The Morgan fingerprint density at radius 3 is 2.88 bits per heavy atom. The van der Waals surface area contributed by atoms with Gasteiger partial charge in [-0.1, -0.05) is 11.8 Å². The monoisotopic (exact) mass is 241 g/mol. The minimum absolute atomic E-state index is 0.173. The van der Waals surface area contributed by atoms with Crippen LogP contribution >= 0.6 is 11.8 Å². The number of rotatable bonds is 1. The SMILES string of the molecule is CSc1ncc2c(n1)C1(CC1)c1cnccc1-2. The number of pyridine rings is 1. The highest BCUT2D eigenvalue weighted by Crippen LogP contribution is 2.61. The van der Waals surface area contributed by atoms with Crippen molar-refractivity contribution in [2.75, 3.05) is 6.26 Å². The van der Waals surface area contributed by atoms with Crippen LogP contribution < -0.4 is 0 Å². The molecule has 3 nitrogen and oxygen atoms in total. The molecule has 1 fully saturated rings. The van der Waals surface area contributed by atoms with Gasteiger partial charge in [-0.25, -0.2) is 9.97 Å². The van der Waals surface area contributed by atoms with Gasteiger partial charge >= 0.3 is 0 Å². The predicted molar refractivity (Wildman–Crippen MR) is 67.1 cm³/mol. The lowest BCUT2D eigenvalue weighted by molar-refractivity contribution is 0.788. The number of aromatic nitrogens is 3. The van der Waals surface area contributed by atoms with E-state index in [0.717, 1.165) is 5.16 Å². The molecule has 17 heavy (non-hydrogen) atoms. The highest BCUT2D eigenvalue weighted by molar-refractivity contribution is 7.98. The molecule has 4 heteroatoms. The van der Waals surface area contributed by atoms with E-state index in [1.807, 2.05) is 24.8 Å². The second kappa shape index (κ2) is 3.07. The summed E-state index contributed by atoms with van der Waals surface area (Å²) >= 11 is 1.60. The Hall–Kier alpha value is -1.42. The zero-order valence-electron chi connectivity index (χ0n) is 9.47. The van der Waals surface area contributed by atoms with Crippen molar-refractivity contribution in [2.24, 2.45) is 0 Å². The van der Waals surface area contributed by atoms with Gasteiger partial charge in [-0.2, -0.15) is 0 Å². The molecule has 1 saturated carbocycles. The molecule has 2 aromatic rings. The van der Waals surface area contributed by atoms with Crippen LogP contribution in [0.3, 0.4) is 0 Å². The van der Waals surface area contributed by atoms with E-state index in [4.69, 9.17) is 4.98 Å². The fraction of sp³-hybridized carbons (Fsp3) is 0.308. The van der Waals surface area contributed by atoms with Crippen LogP contribution in [0.15, 0.2) is 29.8 Å². The van der Waals surface area contributed by atoms with Crippen molar-refractivity contribution in [3.8, 4) is 11.1 Å². The molecule has 0 amide bonds. The molecular weight excluding hydrogens is 230 g/mol. The molecule has 0 unspecified atom stereocenters. The first-order chi connectivity index (χ1) is 8.35. The van der Waals surface area contributed by atoms with Gasteiger partial charge in [-0.15, -0.1) is 0 Å². The Morgan fingerprint density at radius 2 is 2.12 bits per heavy atom. The van der Waals surface area contributed by atoms with Crippen molar-refractivity contribution < 1.29 is 0 Å². The van der Waals surface area contributed by atoms with Gasteiger partial charge in [-0.05, 0) is 36.3 Å². The number of thioether (sulfide) groups is 1. The van der Waals surface area contributed by atoms with E-state index in [9.17, 15) is 0 Å². The number of hydrogen-bond acceptors (Lipinski definition) is 4. The minimum Gasteiger partial charge on any atom is -0.264 e. The van der Waals surface area contributed by atoms with Gasteiger partial charge in [0, 0.05) is 29.6 Å². The lowest BCUT2D eigenvalue weighted by Gasteiger charge is -2.08. The summed E-state index contributed by atoms with van der Waals surface area (Å²) in [5, 5.41) is 0.871. The van der Waals surface area contributed by atoms with Crippen molar-refractivity contribution in [3.63, 3.8) is 0 Å². The summed E-state index contributed by atoms with van der Waals surface area (Å²) in [7, 11) is 0. The van der Waals surface area contributed by atoms with Crippen molar-refractivity contribution in [1.29, 1.82) is 0 Å². The quantitative estimate of drug-likeness (QED) is 0.568. The highest BCUT2D eigenvalue weighted by atomic mass is 32.2. The van der Waals surface area contributed by atoms with E-state index in [2.05, 4.69) is 16.0 Å². The first kappa shape index (κ1) is 9.59. The van der Waals surface area contributed by atoms with Crippen molar-refractivity contribution >= 4 is 11.8 Å². The lowest BCUT2D eigenvalue weighted by Crippen LogP contribution is -2.07. The smallest absolute Gasteiger partial charge is 0.187 e. The van der Waals surface area contributed by atoms with E-state index in [1.54, 1.807) is 11.8 Å². The maximum Gasteiger partial charge on any atom is 0.187 e. The van der Waals surface area contributed by atoms with Gasteiger partial charge in [0.25, 0.3) is 0 Å². The van der Waals surface area contributed by atoms with Crippen LogP contribution in [0.25, 0.3) is 11.1 Å². The largest absolute Gasteiger partial charge is 0.264 e. The van der Waals surface area contributed by atoms with Crippen LogP contribution in [0, 0.1) is 0 Å². The van der Waals surface area contributed by atoms with Gasteiger partial charge in [0.2, 0.25) is 0 Å². The second-order valence-corrected chi connectivity index (χ2v) is 5.40. The lowest BCUT2D eigenvalue weighted by atomic mass is 9.99. The molecule has 2 heterocycles. The van der Waals surface area contributed by atoms with Gasteiger partial charge < -0.3 is 0 Å². The normalized spacial score (nSPS) is 17.9. The highest BCUT2D eigenvalue weighted by Gasteiger charge is 2.54. The van der Waals surface area contributed by atoms with Gasteiger partial charge in [0.1, 0.15) is 0 Å². The van der Waals surface area contributed by atoms with E-state index >= 15 is 0 Å². The van der Waals surface area contributed by atoms with E-state index in [0.29, 0.717) is 0 Å². The fourth-order valence-electron chi connectivity index (χ4n) is 2.80. The van der Waals surface area contributed by atoms with Crippen LogP contribution in [0.4, 0.5) is 0 Å². The first-order valence-corrected chi connectivity index (χ1v) is 6.94. The standard InChI is InChI=1S/C13H11N3S/c1-17-12-15-6-9-8-2-5-14-7-10(8)13(3-4-13)11(9)16-12/h2,5-7H,3-4H2,1H3. The predicted octanol–water partition coefficient (Wildman–Crippen LogP) is 2.65. The van der Waals surface area contributed by atoms with Gasteiger partial charge in [-0.3, -0.25) is 4.98 Å². The molecule has 2 aromatic heterocycles. The summed E-state index contributed by atoms with van der Waals surface area (Å²) in [5.41, 5.74) is 5.23. The zero-order chi connectivity index (χ0) is 11.5. The van der Waals surface area contributed by atoms with Crippen LogP contribution in [0.1, 0.15) is 24.1 Å². The molecule has 1 spiro atoms. The summed E-state index contributed by atoms with van der Waals surface area (Å²) in [6.45, 7) is 0. The Labute approximate surface area is 104 Å². The zero-order valence-corrected chi connectivity index (χ0v) is 10.3. The summed E-state index contributed by atoms with van der Waals surface area (Å²) < 4.78 is 0. The third-order valence-electron chi connectivity index (χ3n) is 3.78. The second-order valence-electron chi connectivity index (χ2n) is 4.62. The van der Waals surface area contributed by atoms with E-state index in [-0.39, 0.29) is 5.41 Å². The molecule has 0 saturated heterocycles. The molecule has 84 valence electrons. The van der Waals surface area contributed by atoms with Gasteiger partial charge in [0.05, 0.1) is 5.69 Å². The minimum atomic E-state index is 0.173. The molecule has 4 rings (SSSR count). The van der Waals surface area contributed by atoms with E-state index in [1.165, 1.54) is 35.2 Å². The molecule has 0 bridgehead atoms. The number of fused-ring (bicyclic) bond motifs is 5. The van der Waals surface area contributed by atoms with E-state index < -0.39 is 0 Å². The molecule has 0 aliphatic heterocycles. The summed E-state index contributed by atoms with van der Waals surface area (Å²) in [4.78, 5) is 13.4.